The molecule has 0 bridgehead atoms. The number of thiophene rings is 1. The van der Waals surface area contributed by atoms with E-state index in [1.165, 1.54) is 11.3 Å². The average Bonchev–Trinajstić information content (AvgIpc) is 3.09. The summed E-state index contributed by atoms with van der Waals surface area (Å²) in [5.41, 5.74) is 0.647. The Labute approximate surface area is 116 Å². The van der Waals surface area contributed by atoms with Gasteiger partial charge in [0.25, 0.3) is 5.91 Å². The van der Waals surface area contributed by atoms with Crippen LogP contribution in [0.15, 0.2) is 16.8 Å². The van der Waals surface area contributed by atoms with Crippen LogP contribution in [0.1, 0.15) is 23.2 Å². The Bertz CT molecular complexity index is 414. The van der Waals surface area contributed by atoms with Gasteiger partial charge in [0, 0.05) is 43.0 Å². The third-order valence-corrected chi connectivity index (χ3v) is 3.72. The van der Waals surface area contributed by atoms with Crippen molar-refractivity contribution in [2.24, 2.45) is 5.92 Å². The van der Waals surface area contributed by atoms with E-state index in [1.54, 1.807) is 11.4 Å². The molecule has 1 aliphatic rings. The minimum Gasteiger partial charge on any atom is -0.381 e. The maximum absolute atomic E-state index is 11.6. The van der Waals surface area contributed by atoms with Gasteiger partial charge >= 0.3 is 0 Å². The first-order valence-electron chi connectivity index (χ1n) is 6.40. The molecular formula is C13H18N2O3S. The van der Waals surface area contributed by atoms with Crippen molar-refractivity contribution in [3.8, 4) is 0 Å². The minimum atomic E-state index is -0.127. The number of carbonyl (C=O) groups excluding carboxylic acids is 2. The zero-order chi connectivity index (χ0) is 13.5. The summed E-state index contributed by atoms with van der Waals surface area (Å²) in [6.45, 7) is 2.55. The molecule has 1 fully saturated rings. The Morgan fingerprint density at radius 2 is 2.32 bits per heavy atom. The molecule has 0 aliphatic carbocycles. The molecule has 1 saturated heterocycles. The maximum Gasteiger partial charge on any atom is 0.252 e. The number of hydrogen-bond acceptors (Lipinski definition) is 4. The number of hydrogen-bond donors (Lipinski definition) is 2. The average molecular weight is 282 g/mol. The van der Waals surface area contributed by atoms with E-state index in [0.29, 0.717) is 31.0 Å². The molecule has 1 unspecified atom stereocenters. The van der Waals surface area contributed by atoms with Gasteiger partial charge in [0.05, 0.1) is 6.61 Å². The first-order valence-corrected chi connectivity index (χ1v) is 7.35. The summed E-state index contributed by atoms with van der Waals surface area (Å²) in [7, 11) is 0. The second-order valence-corrected chi connectivity index (χ2v) is 5.33. The van der Waals surface area contributed by atoms with Crippen LogP contribution in [0, 0.1) is 5.92 Å². The van der Waals surface area contributed by atoms with Crippen molar-refractivity contribution in [2.45, 2.75) is 12.8 Å². The van der Waals surface area contributed by atoms with Gasteiger partial charge in [0.2, 0.25) is 5.91 Å². The van der Waals surface area contributed by atoms with E-state index in [-0.39, 0.29) is 11.8 Å². The Hall–Kier alpha value is -1.40. The summed E-state index contributed by atoms with van der Waals surface area (Å²) >= 11 is 1.48. The molecule has 5 nitrogen and oxygen atoms in total. The SMILES string of the molecule is O=C(CCNC(=O)c1ccsc1)NCC1CCOC1. The molecule has 19 heavy (non-hydrogen) atoms. The van der Waals surface area contributed by atoms with E-state index < -0.39 is 0 Å². The standard InChI is InChI=1S/C13H18N2O3S/c16-12(15-7-10-2-5-18-8-10)1-4-14-13(17)11-3-6-19-9-11/h3,6,9-10H,1-2,4-5,7-8H2,(H,14,17)(H,15,16). The van der Waals surface area contributed by atoms with Gasteiger partial charge < -0.3 is 15.4 Å². The second-order valence-electron chi connectivity index (χ2n) is 4.55. The number of nitrogens with one attached hydrogen (secondary N) is 2. The van der Waals surface area contributed by atoms with Gasteiger partial charge in [0.1, 0.15) is 0 Å². The van der Waals surface area contributed by atoms with Crippen molar-refractivity contribution in [1.82, 2.24) is 10.6 Å². The van der Waals surface area contributed by atoms with Crippen LogP contribution < -0.4 is 10.6 Å². The predicted octanol–water partition coefficient (Wildman–Crippen LogP) is 1.02. The van der Waals surface area contributed by atoms with Gasteiger partial charge in [-0.15, -0.1) is 0 Å². The number of carbonyl (C=O) groups is 2. The molecule has 0 saturated carbocycles. The second kappa shape index (κ2) is 7.25. The van der Waals surface area contributed by atoms with Gasteiger partial charge in [0.15, 0.2) is 0 Å². The summed E-state index contributed by atoms with van der Waals surface area (Å²) in [4.78, 5) is 23.2. The Kier molecular flexibility index (Phi) is 5.35. The topological polar surface area (TPSA) is 67.4 Å². The molecule has 1 atom stereocenters. The van der Waals surface area contributed by atoms with Crippen molar-refractivity contribution in [3.63, 3.8) is 0 Å². The molecule has 2 heterocycles. The highest BCUT2D eigenvalue weighted by molar-refractivity contribution is 7.08. The van der Waals surface area contributed by atoms with E-state index in [2.05, 4.69) is 10.6 Å². The fourth-order valence-electron chi connectivity index (χ4n) is 1.88. The van der Waals surface area contributed by atoms with Crippen LogP contribution in [-0.4, -0.2) is 38.1 Å². The minimum absolute atomic E-state index is 0.0301. The lowest BCUT2D eigenvalue weighted by Crippen LogP contribution is -2.33. The van der Waals surface area contributed by atoms with Crippen LogP contribution in [0.25, 0.3) is 0 Å². The van der Waals surface area contributed by atoms with Crippen molar-refractivity contribution < 1.29 is 14.3 Å². The highest BCUT2D eigenvalue weighted by Gasteiger charge is 2.16. The van der Waals surface area contributed by atoms with E-state index in [0.717, 1.165) is 19.6 Å². The molecule has 1 aliphatic heterocycles. The third-order valence-electron chi connectivity index (χ3n) is 3.03. The lowest BCUT2D eigenvalue weighted by atomic mass is 10.1. The summed E-state index contributed by atoms with van der Waals surface area (Å²) in [5.74, 6) is 0.278. The third kappa shape index (κ3) is 4.65. The van der Waals surface area contributed by atoms with Gasteiger partial charge in [-0.2, -0.15) is 11.3 Å². The van der Waals surface area contributed by atoms with Crippen molar-refractivity contribution in [3.05, 3.63) is 22.4 Å². The molecule has 0 aromatic carbocycles. The predicted molar refractivity (Wildman–Crippen MR) is 73.2 cm³/mol. The zero-order valence-corrected chi connectivity index (χ0v) is 11.5. The van der Waals surface area contributed by atoms with Crippen LogP contribution in [0.3, 0.4) is 0 Å². The molecule has 2 rings (SSSR count). The molecule has 104 valence electrons. The van der Waals surface area contributed by atoms with Crippen LogP contribution in [0.5, 0.6) is 0 Å². The highest BCUT2D eigenvalue weighted by atomic mass is 32.1. The first-order chi connectivity index (χ1) is 9.25. The zero-order valence-electron chi connectivity index (χ0n) is 10.7. The van der Waals surface area contributed by atoms with Gasteiger partial charge in [-0.1, -0.05) is 0 Å². The van der Waals surface area contributed by atoms with Gasteiger partial charge in [-0.25, -0.2) is 0 Å². The number of amides is 2. The van der Waals surface area contributed by atoms with Crippen molar-refractivity contribution in [1.29, 1.82) is 0 Å². The molecular weight excluding hydrogens is 264 g/mol. The summed E-state index contributed by atoms with van der Waals surface area (Å²) in [6.07, 6.45) is 1.32. The molecule has 1 aromatic heterocycles. The maximum atomic E-state index is 11.6. The van der Waals surface area contributed by atoms with E-state index in [9.17, 15) is 9.59 Å². The summed E-state index contributed by atoms with van der Waals surface area (Å²) < 4.78 is 5.24. The molecule has 2 N–H and O–H groups in total. The van der Waals surface area contributed by atoms with E-state index in [4.69, 9.17) is 4.74 Å². The molecule has 0 radical (unpaired) electrons. The highest BCUT2D eigenvalue weighted by Crippen LogP contribution is 2.10. The van der Waals surface area contributed by atoms with Crippen LogP contribution in [0.2, 0.25) is 0 Å². The van der Waals surface area contributed by atoms with E-state index >= 15 is 0 Å². The van der Waals surface area contributed by atoms with Crippen molar-refractivity contribution in [2.75, 3.05) is 26.3 Å². The molecule has 0 spiro atoms. The van der Waals surface area contributed by atoms with Crippen molar-refractivity contribution >= 4 is 23.2 Å². The first kappa shape index (κ1) is 14.0. The molecule has 1 aromatic rings. The van der Waals surface area contributed by atoms with Gasteiger partial charge in [-0.3, -0.25) is 9.59 Å². The summed E-state index contributed by atoms with van der Waals surface area (Å²) in [5, 5.41) is 9.23. The molecule has 2 amide bonds. The number of rotatable bonds is 6. The van der Waals surface area contributed by atoms with E-state index in [1.807, 2.05) is 5.38 Å². The van der Waals surface area contributed by atoms with Crippen LogP contribution in [-0.2, 0) is 9.53 Å². The lowest BCUT2D eigenvalue weighted by molar-refractivity contribution is -0.121. The lowest BCUT2D eigenvalue weighted by Gasteiger charge is -2.09. The van der Waals surface area contributed by atoms with Gasteiger partial charge in [-0.05, 0) is 17.9 Å². The fourth-order valence-corrected chi connectivity index (χ4v) is 2.51. The Balaban J connectivity index is 1.57. The fraction of sp³-hybridized carbons (Fsp3) is 0.538. The van der Waals surface area contributed by atoms with Crippen LogP contribution in [0.4, 0.5) is 0 Å². The quantitative estimate of drug-likeness (QED) is 0.818. The van der Waals surface area contributed by atoms with Crippen LogP contribution >= 0.6 is 11.3 Å². The summed E-state index contributed by atoms with van der Waals surface area (Å²) in [6, 6.07) is 1.76. The Morgan fingerprint density at radius 3 is 3.00 bits per heavy atom. The largest absolute Gasteiger partial charge is 0.381 e. The monoisotopic (exact) mass is 282 g/mol. The number of ether oxygens (including phenoxy) is 1. The normalized spacial score (nSPS) is 18.2. The Morgan fingerprint density at radius 1 is 1.42 bits per heavy atom. The molecule has 6 heteroatoms. The smallest absolute Gasteiger partial charge is 0.252 e.